The lowest BCUT2D eigenvalue weighted by Gasteiger charge is -2.16. The van der Waals surface area contributed by atoms with Crippen LogP contribution in [0.3, 0.4) is 0 Å². The Morgan fingerprint density at radius 3 is 2.63 bits per heavy atom. The minimum absolute atomic E-state index is 0.0864. The minimum Gasteiger partial charge on any atom is -0.365 e. The number of fused-ring (bicyclic) bond motifs is 3. The standard InChI is InChI=1S/C31H27FN6O2S/c1-18(19-6-9-21(32)10-7-19)36-30(39)23-5-4-14-33-29(23)35-16-22-11-13-27(41-22)20-8-12-25-24(15-20)28-26(17-34-25)37(2)31(40)38(28)3/h4-15,17-18H,16H2,1-3H3,(H,33,35)(H,36,39)/t18-/m0/s1. The lowest BCUT2D eigenvalue weighted by Crippen LogP contribution is -2.27. The molecule has 8 nitrogen and oxygen atoms in total. The van der Waals surface area contributed by atoms with Gasteiger partial charge in [0.15, 0.2) is 0 Å². The van der Waals surface area contributed by atoms with Gasteiger partial charge in [-0.15, -0.1) is 11.3 Å². The lowest BCUT2D eigenvalue weighted by atomic mass is 10.1. The van der Waals surface area contributed by atoms with E-state index >= 15 is 0 Å². The highest BCUT2D eigenvalue weighted by Crippen LogP contribution is 2.32. The Hall–Kier alpha value is -4.83. The first kappa shape index (κ1) is 26.4. The normalized spacial score (nSPS) is 12.1. The fourth-order valence-electron chi connectivity index (χ4n) is 4.98. The number of hydrogen-bond donors (Lipinski definition) is 2. The highest BCUT2D eigenvalue weighted by atomic mass is 32.1. The summed E-state index contributed by atoms with van der Waals surface area (Å²) in [6.07, 6.45) is 3.38. The van der Waals surface area contributed by atoms with Crippen molar-refractivity contribution in [2.75, 3.05) is 5.32 Å². The summed E-state index contributed by atoms with van der Waals surface area (Å²) < 4.78 is 16.6. The molecule has 0 saturated carbocycles. The Morgan fingerprint density at radius 1 is 1.02 bits per heavy atom. The fraction of sp³-hybridized carbons (Fsp3) is 0.161. The minimum atomic E-state index is -0.319. The van der Waals surface area contributed by atoms with E-state index < -0.39 is 0 Å². The van der Waals surface area contributed by atoms with E-state index in [0.29, 0.717) is 17.9 Å². The van der Waals surface area contributed by atoms with Crippen molar-refractivity contribution in [1.82, 2.24) is 24.4 Å². The van der Waals surface area contributed by atoms with Crippen LogP contribution in [-0.4, -0.2) is 25.0 Å². The lowest BCUT2D eigenvalue weighted by molar-refractivity contribution is 0.0940. The molecular formula is C31H27FN6O2S. The number of thiophene rings is 1. The Bertz CT molecular complexity index is 1980. The van der Waals surface area contributed by atoms with Gasteiger partial charge in [0.05, 0.1) is 40.9 Å². The zero-order chi connectivity index (χ0) is 28.7. The molecule has 0 spiro atoms. The number of pyridine rings is 2. The summed E-state index contributed by atoms with van der Waals surface area (Å²) >= 11 is 1.64. The van der Waals surface area contributed by atoms with Crippen molar-refractivity contribution in [1.29, 1.82) is 0 Å². The van der Waals surface area contributed by atoms with E-state index in [2.05, 4.69) is 32.7 Å². The molecule has 0 saturated heterocycles. The molecule has 4 heterocycles. The number of amides is 1. The Kier molecular flexibility index (Phi) is 6.84. The summed E-state index contributed by atoms with van der Waals surface area (Å²) in [5.41, 5.74) is 4.67. The Balaban J connectivity index is 1.20. The molecule has 6 aromatic rings. The molecule has 4 aromatic heterocycles. The first-order valence-electron chi connectivity index (χ1n) is 13.1. The number of anilines is 1. The van der Waals surface area contributed by atoms with Crippen LogP contribution in [0.5, 0.6) is 0 Å². The summed E-state index contributed by atoms with van der Waals surface area (Å²) in [5.74, 6) is -0.105. The van der Waals surface area contributed by atoms with Gasteiger partial charge in [-0.25, -0.2) is 14.2 Å². The first-order chi connectivity index (χ1) is 19.8. The number of rotatable bonds is 7. The summed E-state index contributed by atoms with van der Waals surface area (Å²) in [6.45, 7) is 2.34. The number of carbonyl (C=O) groups excluding carboxylic acids is 1. The van der Waals surface area contributed by atoms with Crippen LogP contribution in [0.1, 0.15) is 33.8 Å². The van der Waals surface area contributed by atoms with E-state index in [1.807, 2.05) is 25.1 Å². The van der Waals surface area contributed by atoms with Crippen LogP contribution in [0, 0.1) is 5.82 Å². The molecule has 0 fully saturated rings. The molecule has 0 aliphatic rings. The van der Waals surface area contributed by atoms with E-state index in [1.165, 1.54) is 12.1 Å². The molecule has 0 radical (unpaired) electrons. The number of halogens is 1. The third-order valence-electron chi connectivity index (χ3n) is 7.24. The average Bonchev–Trinajstić information content (AvgIpc) is 3.55. The molecule has 0 unspecified atom stereocenters. The molecular weight excluding hydrogens is 539 g/mol. The second-order valence-electron chi connectivity index (χ2n) is 9.89. The third kappa shape index (κ3) is 4.98. The van der Waals surface area contributed by atoms with Gasteiger partial charge in [0.1, 0.15) is 11.6 Å². The Labute approximate surface area is 239 Å². The number of carbonyl (C=O) groups is 1. The highest BCUT2D eigenvalue weighted by Gasteiger charge is 2.17. The van der Waals surface area contributed by atoms with Crippen molar-refractivity contribution in [3.8, 4) is 10.4 Å². The van der Waals surface area contributed by atoms with Crippen molar-refractivity contribution in [2.24, 2.45) is 14.1 Å². The van der Waals surface area contributed by atoms with Crippen LogP contribution < -0.4 is 16.3 Å². The smallest absolute Gasteiger partial charge is 0.328 e. The second-order valence-corrected chi connectivity index (χ2v) is 11.1. The molecule has 206 valence electrons. The van der Waals surface area contributed by atoms with Crippen molar-refractivity contribution < 1.29 is 9.18 Å². The van der Waals surface area contributed by atoms with E-state index in [4.69, 9.17) is 0 Å². The maximum Gasteiger partial charge on any atom is 0.328 e. The van der Waals surface area contributed by atoms with Gasteiger partial charge in [0, 0.05) is 35.4 Å². The van der Waals surface area contributed by atoms with Gasteiger partial charge >= 0.3 is 5.69 Å². The monoisotopic (exact) mass is 566 g/mol. The summed E-state index contributed by atoms with van der Waals surface area (Å²) in [7, 11) is 3.53. The van der Waals surface area contributed by atoms with E-state index in [-0.39, 0.29) is 23.5 Å². The molecule has 0 bridgehead atoms. The first-order valence-corrected chi connectivity index (χ1v) is 13.9. The number of aryl methyl sites for hydroxylation is 2. The maximum atomic E-state index is 13.3. The van der Waals surface area contributed by atoms with Gasteiger partial charge in [-0.3, -0.25) is 18.9 Å². The SMILES string of the molecule is C[C@H](NC(=O)c1cccnc1NCc1ccc(-c2ccc3ncc4c(c3c2)n(C)c(=O)n4C)s1)c1ccc(F)cc1. The maximum absolute atomic E-state index is 13.3. The van der Waals surface area contributed by atoms with Crippen LogP contribution in [0.15, 0.2) is 83.9 Å². The number of imidazole rings is 1. The molecule has 0 aliphatic carbocycles. The quantitative estimate of drug-likeness (QED) is 0.255. The number of hydrogen-bond acceptors (Lipinski definition) is 6. The predicted molar refractivity (Wildman–Crippen MR) is 161 cm³/mol. The van der Waals surface area contributed by atoms with Crippen LogP contribution in [-0.2, 0) is 20.6 Å². The summed E-state index contributed by atoms with van der Waals surface area (Å²) in [5, 5.41) is 7.19. The van der Waals surface area contributed by atoms with Crippen molar-refractivity contribution in [2.45, 2.75) is 19.5 Å². The number of benzene rings is 2. The zero-order valence-electron chi connectivity index (χ0n) is 22.7. The van der Waals surface area contributed by atoms with E-state index in [9.17, 15) is 14.0 Å². The number of nitrogens with zero attached hydrogens (tertiary/aromatic N) is 4. The molecule has 41 heavy (non-hydrogen) atoms. The van der Waals surface area contributed by atoms with Crippen molar-refractivity contribution >= 4 is 45.0 Å². The van der Waals surface area contributed by atoms with Crippen LogP contribution in [0.25, 0.3) is 32.4 Å². The van der Waals surface area contributed by atoms with Gasteiger partial charge in [0.2, 0.25) is 0 Å². The predicted octanol–water partition coefficient (Wildman–Crippen LogP) is 5.79. The van der Waals surface area contributed by atoms with Gasteiger partial charge in [-0.05, 0) is 66.6 Å². The molecule has 2 N–H and O–H groups in total. The number of aromatic nitrogens is 4. The van der Waals surface area contributed by atoms with E-state index in [1.54, 1.807) is 71.2 Å². The van der Waals surface area contributed by atoms with Crippen LogP contribution >= 0.6 is 11.3 Å². The summed E-state index contributed by atoms with van der Waals surface area (Å²) in [4.78, 5) is 36.7. The average molecular weight is 567 g/mol. The fourth-order valence-corrected chi connectivity index (χ4v) is 5.92. The van der Waals surface area contributed by atoms with E-state index in [0.717, 1.165) is 42.8 Å². The van der Waals surface area contributed by atoms with Gasteiger partial charge < -0.3 is 10.6 Å². The topological polar surface area (TPSA) is 93.8 Å². The Morgan fingerprint density at radius 2 is 1.83 bits per heavy atom. The second kappa shape index (κ2) is 10.6. The van der Waals surface area contributed by atoms with Gasteiger partial charge in [-0.2, -0.15) is 0 Å². The molecule has 6 rings (SSSR count). The third-order valence-corrected chi connectivity index (χ3v) is 8.37. The molecule has 1 amide bonds. The van der Waals surface area contributed by atoms with Gasteiger partial charge in [0.25, 0.3) is 5.91 Å². The van der Waals surface area contributed by atoms with Crippen molar-refractivity contribution in [3.63, 3.8) is 0 Å². The van der Waals surface area contributed by atoms with Crippen LogP contribution in [0.2, 0.25) is 0 Å². The highest BCUT2D eigenvalue weighted by molar-refractivity contribution is 7.15. The zero-order valence-corrected chi connectivity index (χ0v) is 23.5. The van der Waals surface area contributed by atoms with Crippen molar-refractivity contribution in [3.05, 3.63) is 111 Å². The number of nitrogens with one attached hydrogen (secondary N) is 2. The summed E-state index contributed by atoms with van der Waals surface area (Å²) in [6, 6.07) is 19.4. The largest absolute Gasteiger partial charge is 0.365 e. The molecule has 2 aromatic carbocycles. The molecule has 10 heteroatoms. The van der Waals surface area contributed by atoms with Gasteiger partial charge in [-0.1, -0.05) is 18.2 Å². The molecule has 0 aliphatic heterocycles. The van der Waals surface area contributed by atoms with Crippen LogP contribution in [0.4, 0.5) is 10.2 Å². The molecule has 1 atom stereocenters.